The second-order valence-electron chi connectivity index (χ2n) is 7.31. The maximum Gasteiger partial charge on any atom is 0.270 e. The molecule has 3 aromatic heterocycles. The van der Waals surface area contributed by atoms with E-state index < -0.39 is 0 Å². The van der Waals surface area contributed by atoms with E-state index in [1.54, 1.807) is 36.0 Å². The van der Waals surface area contributed by atoms with Gasteiger partial charge in [0.05, 0.1) is 17.3 Å². The second kappa shape index (κ2) is 7.59. The van der Waals surface area contributed by atoms with Gasteiger partial charge < -0.3 is 14.6 Å². The zero-order chi connectivity index (χ0) is 20.7. The predicted octanol–water partition coefficient (Wildman–Crippen LogP) is 4.21. The number of methoxy groups -OCH3 is 1. The van der Waals surface area contributed by atoms with Crippen LogP contribution in [0.5, 0.6) is 0 Å². The Morgan fingerprint density at radius 1 is 1.33 bits per heavy atom. The Bertz CT molecular complexity index is 1250. The molecule has 1 N–H and O–H groups in total. The number of aryl methyl sites for hydroxylation is 1. The molecule has 4 aromatic rings. The van der Waals surface area contributed by atoms with Crippen molar-refractivity contribution in [3.63, 3.8) is 0 Å². The van der Waals surface area contributed by atoms with Crippen LogP contribution >= 0.6 is 11.6 Å². The number of hydrogen-bond donors (Lipinski definition) is 1. The number of rotatable bonds is 5. The molecular formula is C22H19ClN4O3. The molecule has 1 amide bonds. The molecule has 3 heterocycles. The fourth-order valence-corrected chi connectivity index (χ4v) is 4.10. The van der Waals surface area contributed by atoms with E-state index >= 15 is 0 Å². The molecule has 8 heteroatoms. The summed E-state index contributed by atoms with van der Waals surface area (Å²) in [6, 6.07) is 11.5. The quantitative estimate of drug-likeness (QED) is 0.521. The van der Waals surface area contributed by atoms with Gasteiger partial charge in [0.2, 0.25) is 0 Å². The first kappa shape index (κ1) is 18.8. The largest absolute Gasteiger partial charge is 0.377 e. The summed E-state index contributed by atoms with van der Waals surface area (Å²) in [6.07, 6.45) is 5.00. The number of nitrogens with one attached hydrogen (secondary N) is 1. The minimum absolute atomic E-state index is 0.0485. The van der Waals surface area contributed by atoms with E-state index in [1.807, 2.05) is 12.1 Å². The smallest absolute Gasteiger partial charge is 0.270 e. The summed E-state index contributed by atoms with van der Waals surface area (Å²) in [5.41, 5.74) is 5.24. The number of fused-ring (bicyclic) bond motifs is 2. The minimum Gasteiger partial charge on any atom is -0.377 e. The number of imidazole rings is 1. The SMILES string of the molecule is COCc1cc(-c2ccc3c(c2)CC[C@H]3NC(=O)c2cnc3ccc(Cl)cn23)no1. The number of amides is 1. The molecule has 0 spiro atoms. The summed E-state index contributed by atoms with van der Waals surface area (Å²) in [7, 11) is 1.62. The number of benzene rings is 1. The van der Waals surface area contributed by atoms with Crippen LogP contribution in [0.2, 0.25) is 5.02 Å². The lowest BCUT2D eigenvalue weighted by Gasteiger charge is -2.14. The maximum atomic E-state index is 12.9. The predicted molar refractivity (Wildman–Crippen MR) is 111 cm³/mol. The Hall–Kier alpha value is -3.16. The van der Waals surface area contributed by atoms with E-state index in [9.17, 15) is 4.79 Å². The molecule has 0 saturated heterocycles. The fourth-order valence-electron chi connectivity index (χ4n) is 3.94. The van der Waals surface area contributed by atoms with Crippen LogP contribution in [0.1, 0.15) is 39.8 Å². The first-order valence-electron chi connectivity index (χ1n) is 9.63. The lowest BCUT2D eigenvalue weighted by molar-refractivity contribution is 0.0931. The van der Waals surface area contributed by atoms with Crippen molar-refractivity contribution in [1.82, 2.24) is 19.9 Å². The molecule has 1 atom stereocenters. The molecule has 0 aliphatic heterocycles. The van der Waals surface area contributed by atoms with E-state index in [1.165, 1.54) is 5.56 Å². The number of ether oxygens (including phenoxy) is 1. The zero-order valence-electron chi connectivity index (χ0n) is 16.3. The van der Waals surface area contributed by atoms with Gasteiger partial charge in [0.1, 0.15) is 23.6 Å². The monoisotopic (exact) mass is 422 g/mol. The molecular weight excluding hydrogens is 404 g/mol. The fraction of sp³-hybridized carbons (Fsp3) is 0.227. The zero-order valence-corrected chi connectivity index (χ0v) is 17.0. The van der Waals surface area contributed by atoms with Crippen molar-refractivity contribution in [1.29, 1.82) is 0 Å². The average molecular weight is 423 g/mol. The summed E-state index contributed by atoms with van der Waals surface area (Å²) in [4.78, 5) is 17.2. The first-order chi connectivity index (χ1) is 14.6. The molecule has 1 aliphatic rings. The standard InChI is InChI=1S/C22H19ClN4O3/c1-29-12-16-9-19(26-30-16)14-2-5-17-13(8-14)3-6-18(17)25-22(28)20-10-24-21-7-4-15(23)11-27(20)21/h2,4-5,7-11,18H,3,6,12H2,1H3,(H,25,28)/t18-/m1/s1. The van der Waals surface area contributed by atoms with Gasteiger partial charge in [-0.3, -0.25) is 9.20 Å². The Morgan fingerprint density at radius 3 is 3.10 bits per heavy atom. The summed E-state index contributed by atoms with van der Waals surface area (Å²) < 4.78 is 12.1. The summed E-state index contributed by atoms with van der Waals surface area (Å²) in [6.45, 7) is 0.389. The highest BCUT2D eigenvalue weighted by Crippen LogP contribution is 2.34. The number of aromatic nitrogens is 3. The highest BCUT2D eigenvalue weighted by molar-refractivity contribution is 6.30. The van der Waals surface area contributed by atoms with Crippen LogP contribution < -0.4 is 5.32 Å². The molecule has 7 nitrogen and oxygen atoms in total. The Kier molecular flexibility index (Phi) is 4.77. The Balaban J connectivity index is 1.36. The molecule has 0 saturated carbocycles. The molecule has 1 aliphatic carbocycles. The number of pyridine rings is 1. The van der Waals surface area contributed by atoms with Crippen LogP contribution in [0.3, 0.4) is 0 Å². The summed E-state index contributed by atoms with van der Waals surface area (Å²) >= 11 is 6.07. The lowest BCUT2D eigenvalue weighted by atomic mass is 10.0. The third-order valence-corrected chi connectivity index (χ3v) is 5.59. The summed E-state index contributed by atoms with van der Waals surface area (Å²) in [5, 5.41) is 7.81. The van der Waals surface area contributed by atoms with E-state index in [2.05, 4.69) is 27.6 Å². The first-order valence-corrected chi connectivity index (χ1v) is 10.0. The highest BCUT2D eigenvalue weighted by Gasteiger charge is 2.26. The third kappa shape index (κ3) is 3.36. The number of carbonyl (C=O) groups is 1. The van der Waals surface area contributed by atoms with Gasteiger partial charge in [-0.2, -0.15) is 0 Å². The van der Waals surface area contributed by atoms with Crippen LogP contribution in [0.4, 0.5) is 0 Å². The van der Waals surface area contributed by atoms with Gasteiger partial charge in [0.15, 0.2) is 5.76 Å². The van der Waals surface area contributed by atoms with Gasteiger partial charge in [-0.25, -0.2) is 4.98 Å². The molecule has 1 aromatic carbocycles. The Labute approximate surface area is 177 Å². The molecule has 0 radical (unpaired) electrons. The van der Waals surface area contributed by atoms with Crippen LogP contribution in [-0.4, -0.2) is 27.6 Å². The number of carbonyl (C=O) groups excluding carboxylic acids is 1. The van der Waals surface area contributed by atoms with E-state index in [0.717, 1.165) is 29.7 Å². The van der Waals surface area contributed by atoms with Gasteiger partial charge in [-0.15, -0.1) is 0 Å². The number of halogens is 1. The van der Waals surface area contributed by atoms with Crippen molar-refractivity contribution in [3.8, 4) is 11.3 Å². The van der Waals surface area contributed by atoms with Crippen molar-refractivity contribution in [2.24, 2.45) is 0 Å². The molecule has 152 valence electrons. The van der Waals surface area contributed by atoms with Crippen molar-refractivity contribution in [2.75, 3.05) is 7.11 Å². The molecule has 0 unspecified atom stereocenters. The highest BCUT2D eigenvalue weighted by atomic mass is 35.5. The molecule has 30 heavy (non-hydrogen) atoms. The van der Waals surface area contributed by atoms with E-state index in [-0.39, 0.29) is 11.9 Å². The van der Waals surface area contributed by atoms with Gasteiger partial charge >= 0.3 is 0 Å². The molecule has 0 fully saturated rings. The minimum atomic E-state index is -0.174. The van der Waals surface area contributed by atoms with Crippen molar-refractivity contribution in [3.05, 3.63) is 76.4 Å². The van der Waals surface area contributed by atoms with Crippen molar-refractivity contribution >= 4 is 23.2 Å². The third-order valence-electron chi connectivity index (χ3n) is 5.37. The topological polar surface area (TPSA) is 81.7 Å². The second-order valence-corrected chi connectivity index (χ2v) is 7.75. The van der Waals surface area contributed by atoms with Crippen LogP contribution in [0, 0.1) is 0 Å². The van der Waals surface area contributed by atoms with Gasteiger partial charge in [-0.1, -0.05) is 28.9 Å². The average Bonchev–Trinajstić information content (AvgIpc) is 3.46. The molecule has 0 bridgehead atoms. The summed E-state index contributed by atoms with van der Waals surface area (Å²) in [5.74, 6) is 0.513. The normalized spacial score (nSPS) is 15.5. The van der Waals surface area contributed by atoms with Crippen LogP contribution in [0.15, 0.2) is 53.3 Å². The van der Waals surface area contributed by atoms with Gasteiger partial charge in [-0.05, 0) is 42.2 Å². The molecule has 5 rings (SSSR count). The van der Waals surface area contributed by atoms with E-state index in [4.69, 9.17) is 20.9 Å². The van der Waals surface area contributed by atoms with Crippen molar-refractivity contribution in [2.45, 2.75) is 25.5 Å². The van der Waals surface area contributed by atoms with Crippen molar-refractivity contribution < 1.29 is 14.1 Å². The van der Waals surface area contributed by atoms with Crippen LogP contribution in [-0.2, 0) is 17.8 Å². The number of hydrogen-bond acceptors (Lipinski definition) is 5. The van der Waals surface area contributed by atoms with Crippen LogP contribution in [0.25, 0.3) is 16.9 Å². The van der Waals surface area contributed by atoms with Gasteiger partial charge in [0.25, 0.3) is 5.91 Å². The van der Waals surface area contributed by atoms with Gasteiger partial charge in [0, 0.05) is 24.9 Å². The number of nitrogens with zero attached hydrogens (tertiary/aromatic N) is 3. The maximum absolute atomic E-state index is 12.9. The Morgan fingerprint density at radius 2 is 2.23 bits per heavy atom. The van der Waals surface area contributed by atoms with E-state index in [0.29, 0.717) is 28.7 Å². The lowest BCUT2D eigenvalue weighted by Crippen LogP contribution is -2.28.